The van der Waals surface area contributed by atoms with Crippen LogP contribution in [0, 0.1) is 6.92 Å². The van der Waals surface area contributed by atoms with Crippen molar-refractivity contribution < 1.29 is 8.42 Å². The highest BCUT2D eigenvalue weighted by Crippen LogP contribution is 2.26. The molecule has 0 atom stereocenters. The molecule has 0 fully saturated rings. The van der Waals surface area contributed by atoms with Gasteiger partial charge in [0.05, 0.1) is 4.90 Å². The summed E-state index contributed by atoms with van der Waals surface area (Å²) in [6.45, 7) is 8.39. The van der Waals surface area contributed by atoms with Crippen molar-refractivity contribution in [1.29, 1.82) is 0 Å². The molecule has 0 spiro atoms. The summed E-state index contributed by atoms with van der Waals surface area (Å²) in [7, 11) is -3.49. The van der Waals surface area contributed by atoms with Crippen LogP contribution in [0.5, 0.6) is 0 Å². The Hall–Kier alpha value is -1.17. The fourth-order valence-corrected chi connectivity index (χ4v) is 4.02. The Labute approximate surface area is 131 Å². The van der Waals surface area contributed by atoms with Crippen molar-refractivity contribution in [2.75, 3.05) is 0 Å². The minimum absolute atomic E-state index is 0.0777. The van der Waals surface area contributed by atoms with Gasteiger partial charge in [0.25, 0.3) is 0 Å². The number of nitrogens with one attached hydrogen (secondary N) is 1. The van der Waals surface area contributed by atoms with Crippen LogP contribution >= 0.6 is 11.3 Å². The third-order valence-electron chi connectivity index (χ3n) is 3.36. The normalized spacial score (nSPS) is 12.6. The van der Waals surface area contributed by atoms with Crippen LogP contribution in [0.4, 0.5) is 0 Å². The molecule has 0 saturated heterocycles. The summed E-state index contributed by atoms with van der Waals surface area (Å²) in [5, 5.41) is 1.94. The van der Waals surface area contributed by atoms with Crippen LogP contribution in [0.2, 0.25) is 0 Å². The number of hydrogen-bond donors (Lipinski definition) is 1. The number of benzene rings is 1. The molecule has 0 saturated carbocycles. The molecule has 3 nitrogen and oxygen atoms in total. The van der Waals surface area contributed by atoms with Crippen molar-refractivity contribution in [2.45, 2.75) is 44.6 Å². The molecule has 114 valence electrons. The maximum Gasteiger partial charge on any atom is 0.241 e. The summed E-state index contributed by atoms with van der Waals surface area (Å²) < 4.78 is 27.7. The van der Waals surface area contributed by atoms with Crippen molar-refractivity contribution in [3.05, 3.63) is 51.7 Å². The third-order valence-corrected chi connectivity index (χ3v) is 5.78. The zero-order valence-electron chi connectivity index (χ0n) is 12.8. The van der Waals surface area contributed by atoms with Crippen LogP contribution in [-0.4, -0.2) is 8.42 Å². The van der Waals surface area contributed by atoms with E-state index in [1.165, 1.54) is 0 Å². The molecule has 1 aromatic carbocycles. The average molecular weight is 323 g/mol. The van der Waals surface area contributed by atoms with Crippen LogP contribution in [0.3, 0.4) is 0 Å². The monoisotopic (exact) mass is 323 g/mol. The SMILES string of the molecule is Cc1ccc(C(C)(C)C)cc1S(=O)(=O)NCc1cccs1. The van der Waals surface area contributed by atoms with E-state index in [1.807, 2.05) is 36.6 Å². The van der Waals surface area contributed by atoms with Gasteiger partial charge in [-0.3, -0.25) is 0 Å². The van der Waals surface area contributed by atoms with Crippen LogP contribution < -0.4 is 4.72 Å². The number of thiophene rings is 1. The highest BCUT2D eigenvalue weighted by atomic mass is 32.2. The first-order chi connectivity index (χ1) is 9.70. The molecule has 0 unspecified atom stereocenters. The molecule has 0 aliphatic carbocycles. The first-order valence-corrected chi connectivity index (χ1v) is 9.19. The van der Waals surface area contributed by atoms with E-state index in [2.05, 4.69) is 25.5 Å². The van der Waals surface area contributed by atoms with E-state index < -0.39 is 10.0 Å². The standard InChI is InChI=1S/C16H21NO2S2/c1-12-7-8-13(16(2,3)4)10-15(12)21(18,19)17-11-14-6-5-9-20-14/h5-10,17H,11H2,1-4H3. The van der Waals surface area contributed by atoms with Gasteiger partial charge in [-0.25, -0.2) is 13.1 Å². The van der Waals surface area contributed by atoms with Crippen molar-refractivity contribution >= 4 is 21.4 Å². The lowest BCUT2D eigenvalue weighted by Crippen LogP contribution is -2.24. The quantitative estimate of drug-likeness (QED) is 0.929. The zero-order valence-corrected chi connectivity index (χ0v) is 14.4. The summed E-state index contributed by atoms with van der Waals surface area (Å²) in [5.41, 5.74) is 1.71. The van der Waals surface area contributed by atoms with Gasteiger partial charge in [0, 0.05) is 11.4 Å². The molecule has 0 amide bonds. The van der Waals surface area contributed by atoms with E-state index in [0.29, 0.717) is 11.4 Å². The minimum atomic E-state index is -3.49. The second kappa shape index (κ2) is 5.91. The molecule has 2 rings (SSSR count). The molecular weight excluding hydrogens is 302 g/mol. The average Bonchev–Trinajstić information content (AvgIpc) is 2.88. The summed E-state index contributed by atoms with van der Waals surface area (Å²) in [6, 6.07) is 9.49. The Morgan fingerprint density at radius 2 is 1.90 bits per heavy atom. The van der Waals surface area contributed by atoms with Gasteiger partial charge in [0.1, 0.15) is 0 Å². The highest BCUT2D eigenvalue weighted by molar-refractivity contribution is 7.89. The summed E-state index contributed by atoms with van der Waals surface area (Å²) in [5.74, 6) is 0. The summed E-state index contributed by atoms with van der Waals surface area (Å²) in [4.78, 5) is 1.37. The molecular formula is C16H21NO2S2. The van der Waals surface area contributed by atoms with Gasteiger partial charge < -0.3 is 0 Å². The smallest absolute Gasteiger partial charge is 0.207 e. The molecule has 1 N–H and O–H groups in total. The second-order valence-electron chi connectivity index (χ2n) is 6.13. The predicted octanol–water partition coefficient (Wildman–Crippen LogP) is 3.83. The topological polar surface area (TPSA) is 46.2 Å². The largest absolute Gasteiger partial charge is 0.241 e. The molecule has 0 aliphatic rings. The van der Waals surface area contributed by atoms with Crippen LogP contribution in [-0.2, 0) is 22.0 Å². The lowest BCUT2D eigenvalue weighted by molar-refractivity contribution is 0.575. The number of aryl methyl sites for hydroxylation is 1. The van der Waals surface area contributed by atoms with Gasteiger partial charge in [-0.05, 0) is 41.0 Å². The van der Waals surface area contributed by atoms with Gasteiger partial charge in [0.15, 0.2) is 0 Å². The third kappa shape index (κ3) is 3.93. The van der Waals surface area contributed by atoms with Gasteiger partial charge in [-0.1, -0.05) is 39.0 Å². The van der Waals surface area contributed by atoms with E-state index in [-0.39, 0.29) is 5.41 Å². The predicted molar refractivity (Wildman–Crippen MR) is 88.2 cm³/mol. The van der Waals surface area contributed by atoms with Gasteiger partial charge in [-0.2, -0.15) is 0 Å². The van der Waals surface area contributed by atoms with Crippen LogP contribution in [0.25, 0.3) is 0 Å². The van der Waals surface area contributed by atoms with Gasteiger partial charge >= 0.3 is 0 Å². The zero-order chi connectivity index (χ0) is 15.7. The van der Waals surface area contributed by atoms with E-state index in [4.69, 9.17) is 0 Å². The Kier molecular flexibility index (Phi) is 4.56. The number of rotatable bonds is 4. The maximum absolute atomic E-state index is 12.5. The van der Waals surface area contributed by atoms with Crippen molar-refractivity contribution in [1.82, 2.24) is 4.72 Å². The Balaban J connectivity index is 2.31. The van der Waals surface area contributed by atoms with E-state index in [1.54, 1.807) is 17.4 Å². The molecule has 2 aromatic rings. The highest BCUT2D eigenvalue weighted by Gasteiger charge is 2.21. The first kappa shape index (κ1) is 16.2. The second-order valence-corrected chi connectivity index (χ2v) is 8.90. The first-order valence-electron chi connectivity index (χ1n) is 6.83. The maximum atomic E-state index is 12.5. The fourth-order valence-electron chi connectivity index (χ4n) is 2.01. The van der Waals surface area contributed by atoms with Crippen LogP contribution in [0.15, 0.2) is 40.6 Å². The lowest BCUT2D eigenvalue weighted by Gasteiger charge is -2.20. The van der Waals surface area contributed by atoms with Gasteiger partial charge in [-0.15, -0.1) is 11.3 Å². The lowest BCUT2D eigenvalue weighted by atomic mass is 9.87. The molecule has 0 bridgehead atoms. The van der Waals surface area contributed by atoms with E-state index in [0.717, 1.165) is 16.0 Å². The van der Waals surface area contributed by atoms with Crippen LogP contribution in [0.1, 0.15) is 36.8 Å². The molecule has 5 heteroatoms. The molecule has 1 aromatic heterocycles. The molecule has 0 radical (unpaired) electrons. The Morgan fingerprint density at radius 3 is 2.48 bits per heavy atom. The van der Waals surface area contributed by atoms with Crippen molar-refractivity contribution in [2.24, 2.45) is 0 Å². The van der Waals surface area contributed by atoms with Gasteiger partial charge in [0.2, 0.25) is 10.0 Å². The Bertz CT molecular complexity index is 711. The number of sulfonamides is 1. The summed E-state index contributed by atoms with van der Waals surface area (Å²) >= 11 is 1.54. The summed E-state index contributed by atoms with van der Waals surface area (Å²) in [6.07, 6.45) is 0. The molecule has 21 heavy (non-hydrogen) atoms. The molecule has 0 aliphatic heterocycles. The minimum Gasteiger partial charge on any atom is -0.207 e. The van der Waals surface area contributed by atoms with Crippen molar-refractivity contribution in [3.8, 4) is 0 Å². The van der Waals surface area contributed by atoms with Crippen molar-refractivity contribution in [3.63, 3.8) is 0 Å². The number of hydrogen-bond acceptors (Lipinski definition) is 3. The van der Waals surface area contributed by atoms with E-state index >= 15 is 0 Å². The molecule has 1 heterocycles. The Morgan fingerprint density at radius 1 is 1.19 bits per heavy atom. The fraction of sp³-hybridized carbons (Fsp3) is 0.375. The van der Waals surface area contributed by atoms with E-state index in [9.17, 15) is 8.42 Å².